The molecule has 0 saturated carbocycles. The molecule has 3 heterocycles. The van der Waals surface area contributed by atoms with Crippen molar-refractivity contribution < 1.29 is 0 Å². The van der Waals surface area contributed by atoms with Gasteiger partial charge >= 0.3 is 0 Å². The third-order valence-electron chi connectivity index (χ3n) is 4.21. The molecule has 1 aliphatic rings. The minimum Gasteiger partial charge on any atom is -0.383 e. The van der Waals surface area contributed by atoms with Crippen molar-refractivity contribution in [2.75, 3.05) is 35.7 Å². The fourth-order valence-corrected chi connectivity index (χ4v) is 3.17. The van der Waals surface area contributed by atoms with Gasteiger partial charge in [0.1, 0.15) is 24.2 Å². The summed E-state index contributed by atoms with van der Waals surface area (Å²) >= 11 is 6.12. The molecule has 2 aromatic heterocycles. The Morgan fingerprint density at radius 2 is 2.08 bits per heavy atom. The van der Waals surface area contributed by atoms with Gasteiger partial charge in [-0.15, -0.1) is 0 Å². The van der Waals surface area contributed by atoms with Gasteiger partial charge in [-0.05, 0) is 19.3 Å². The minimum absolute atomic E-state index is 0.275. The molecular weight excluding hydrogens is 326 g/mol. The van der Waals surface area contributed by atoms with Gasteiger partial charge in [-0.2, -0.15) is 0 Å². The number of hydrogen-bond acceptors (Lipinski definition) is 7. The normalized spacial score (nSPS) is 17.6. The van der Waals surface area contributed by atoms with Crippen molar-refractivity contribution in [2.24, 2.45) is 0 Å². The van der Waals surface area contributed by atoms with Crippen LogP contribution < -0.4 is 15.5 Å². The zero-order valence-corrected chi connectivity index (χ0v) is 14.7. The highest BCUT2D eigenvalue weighted by Gasteiger charge is 2.22. The first-order valence-corrected chi connectivity index (χ1v) is 8.59. The topological polar surface area (TPSA) is 78.9 Å². The van der Waals surface area contributed by atoms with Crippen LogP contribution in [0.4, 0.5) is 17.3 Å². The third kappa shape index (κ3) is 3.67. The molecule has 1 aliphatic heterocycles. The van der Waals surface area contributed by atoms with Crippen molar-refractivity contribution in [3.63, 3.8) is 0 Å². The van der Waals surface area contributed by atoms with E-state index in [0.29, 0.717) is 5.15 Å². The maximum absolute atomic E-state index is 6.12. The van der Waals surface area contributed by atoms with Crippen LogP contribution in [0, 0.1) is 0 Å². The lowest BCUT2D eigenvalue weighted by molar-refractivity contribution is 0.525. The standard InChI is InChI=1S/C16H22ClN7/c1-3-11-7-13(20-9-19-11)24-6-4-5-12(8-24)23-16-14(18-2)15(17)21-10-22-16/h7,9-10,12,18H,3-6,8H2,1-2H3,(H,21,22,23). The van der Waals surface area contributed by atoms with Crippen LogP contribution in [0.25, 0.3) is 0 Å². The maximum atomic E-state index is 6.12. The smallest absolute Gasteiger partial charge is 0.157 e. The summed E-state index contributed by atoms with van der Waals surface area (Å²) in [5.41, 5.74) is 1.79. The highest BCUT2D eigenvalue weighted by Crippen LogP contribution is 2.27. The predicted molar refractivity (Wildman–Crippen MR) is 96.9 cm³/mol. The zero-order chi connectivity index (χ0) is 16.9. The van der Waals surface area contributed by atoms with Gasteiger partial charge in [0.05, 0.1) is 0 Å². The molecule has 1 unspecified atom stereocenters. The summed E-state index contributed by atoms with van der Waals surface area (Å²) in [6, 6.07) is 2.35. The summed E-state index contributed by atoms with van der Waals surface area (Å²) in [5, 5.41) is 6.97. The van der Waals surface area contributed by atoms with Crippen LogP contribution in [0.2, 0.25) is 5.15 Å². The average molecular weight is 348 g/mol. The molecule has 1 saturated heterocycles. The number of aromatic nitrogens is 4. The van der Waals surface area contributed by atoms with Crippen molar-refractivity contribution in [2.45, 2.75) is 32.2 Å². The second-order valence-corrected chi connectivity index (χ2v) is 6.15. The third-order valence-corrected chi connectivity index (χ3v) is 4.50. The van der Waals surface area contributed by atoms with Gasteiger partial charge in [0, 0.05) is 37.9 Å². The number of aryl methyl sites for hydroxylation is 1. The van der Waals surface area contributed by atoms with Crippen LogP contribution in [0.3, 0.4) is 0 Å². The molecule has 128 valence electrons. The lowest BCUT2D eigenvalue weighted by Crippen LogP contribution is -2.42. The van der Waals surface area contributed by atoms with Crippen molar-refractivity contribution in [3.05, 3.63) is 29.6 Å². The molecule has 0 aromatic carbocycles. The highest BCUT2D eigenvalue weighted by molar-refractivity contribution is 6.32. The van der Waals surface area contributed by atoms with Gasteiger partial charge in [-0.25, -0.2) is 19.9 Å². The quantitative estimate of drug-likeness (QED) is 0.805. The van der Waals surface area contributed by atoms with E-state index < -0.39 is 0 Å². The Hall–Kier alpha value is -2.15. The van der Waals surface area contributed by atoms with Gasteiger partial charge in [0.25, 0.3) is 0 Å². The number of nitrogens with zero attached hydrogens (tertiary/aromatic N) is 5. The lowest BCUT2D eigenvalue weighted by atomic mass is 10.1. The first-order valence-electron chi connectivity index (χ1n) is 8.22. The van der Waals surface area contributed by atoms with Gasteiger partial charge in [0.15, 0.2) is 11.0 Å². The maximum Gasteiger partial charge on any atom is 0.157 e. The highest BCUT2D eigenvalue weighted by atomic mass is 35.5. The lowest BCUT2D eigenvalue weighted by Gasteiger charge is -2.34. The van der Waals surface area contributed by atoms with Crippen LogP contribution in [-0.2, 0) is 6.42 Å². The number of hydrogen-bond donors (Lipinski definition) is 2. The van der Waals surface area contributed by atoms with E-state index in [1.807, 2.05) is 7.05 Å². The Kier molecular flexibility index (Phi) is 5.30. The van der Waals surface area contributed by atoms with E-state index in [-0.39, 0.29) is 6.04 Å². The van der Waals surface area contributed by atoms with E-state index >= 15 is 0 Å². The van der Waals surface area contributed by atoms with Gasteiger partial charge in [-0.3, -0.25) is 0 Å². The Labute approximate surface area is 146 Å². The first kappa shape index (κ1) is 16.7. The van der Waals surface area contributed by atoms with Crippen LogP contribution in [0.5, 0.6) is 0 Å². The Morgan fingerprint density at radius 1 is 1.25 bits per heavy atom. The fourth-order valence-electron chi connectivity index (χ4n) is 2.94. The summed E-state index contributed by atoms with van der Waals surface area (Å²) in [5.74, 6) is 1.73. The monoisotopic (exact) mass is 347 g/mol. The minimum atomic E-state index is 0.275. The first-order chi connectivity index (χ1) is 11.7. The molecule has 2 aromatic rings. The summed E-state index contributed by atoms with van der Waals surface area (Å²) in [7, 11) is 1.82. The van der Waals surface area contributed by atoms with Crippen LogP contribution in [-0.4, -0.2) is 46.1 Å². The molecule has 0 radical (unpaired) electrons. The van der Waals surface area contributed by atoms with Crippen LogP contribution >= 0.6 is 11.6 Å². The van der Waals surface area contributed by atoms with E-state index in [4.69, 9.17) is 11.6 Å². The van der Waals surface area contributed by atoms with E-state index in [1.165, 1.54) is 6.33 Å². The second-order valence-electron chi connectivity index (χ2n) is 5.79. The molecular formula is C16H22ClN7. The summed E-state index contributed by atoms with van der Waals surface area (Å²) in [6.07, 6.45) is 6.21. The SMILES string of the molecule is CCc1cc(N2CCCC(Nc3ncnc(Cl)c3NC)C2)ncn1. The van der Waals surface area contributed by atoms with Crippen LogP contribution in [0.15, 0.2) is 18.7 Å². The summed E-state index contributed by atoms with van der Waals surface area (Å²) in [4.78, 5) is 19.3. The van der Waals surface area contributed by atoms with Gasteiger partial charge in [0.2, 0.25) is 0 Å². The zero-order valence-electron chi connectivity index (χ0n) is 14.0. The molecule has 2 N–H and O–H groups in total. The molecule has 0 aliphatic carbocycles. The molecule has 24 heavy (non-hydrogen) atoms. The van der Waals surface area contributed by atoms with Crippen molar-refractivity contribution in [3.8, 4) is 0 Å². The van der Waals surface area contributed by atoms with Crippen molar-refractivity contribution in [1.82, 2.24) is 19.9 Å². The Morgan fingerprint density at radius 3 is 2.88 bits per heavy atom. The summed E-state index contributed by atoms with van der Waals surface area (Å²) in [6.45, 7) is 3.97. The molecule has 0 spiro atoms. The molecule has 0 bridgehead atoms. The molecule has 8 heteroatoms. The van der Waals surface area contributed by atoms with E-state index in [1.54, 1.807) is 6.33 Å². The number of rotatable bonds is 5. The fraction of sp³-hybridized carbons (Fsp3) is 0.500. The van der Waals surface area contributed by atoms with E-state index in [9.17, 15) is 0 Å². The number of halogens is 1. The second kappa shape index (κ2) is 7.61. The van der Waals surface area contributed by atoms with E-state index in [0.717, 1.165) is 55.4 Å². The Bertz CT molecular complexity index is 694. The molecule has 7 nitrogen and oxygen atoms in total. The van der Waals surface area contributed by atoms with Crippen molar-refractivity contribution in [1.29, 1.82) is 0 Å². The summed E-state index contributed by atoms with van der Waals surface area (Å²) < 4.78 is 0. The van der Waals surface area contributed by atoms with Gasteiger partial charge in [-0.1, -0.05) is 18.5 Å². The molecule has 0 amide bonds. The van der Waals surface area contributed by atoms with E-state index in [2.05, 4.69) is 48.5 Å². The average Bonchev–Trinajstić information content (AvgIpc) is 2.62. The largest absolute Gasteiger partial charge is 0.383 e. The predicted octanol–water partition coefficient (Wildman–Crippen LogP) is 2.61. The molecule has 1 atom stereocenters. The number of piperidine rings is 1. The molecule has 3 rings (SSSR count). The van der Waals surface area contributed by atoms with Gasteiger partial charge < -0.3 is 15.5 Å². The number of nitrogens with one attached hydrogen (secondary N) is 2. The molecule has 1 fully saturated rings. The number of anilines is 3. The van der Waals surface area contributed by atoms with Crippen molar-refractivity contribution >= 4 is 28.9 Å². The Balaban J connectivity index is 1.73. The van der Waals surface area contributed by atoms with Crippen LogP contribution in [0.1, 0.15) is 25.5 Å².